The molecule has 0 bridgehead atoms. The summed E-state index contributed by atoms with van der Waals surface area (Å²) >= 11 is 0. The average Bonchev–Trinajstić information content (AvgIpc) is 2.97. The fourth-order valence-electron chi connectivity index (χ4n) is 4.01. The summed E-state index contributed by atoms with van der Waals surface area (Å²) in [6, 6.07) is 23.3. The zero-order valence-electron chi connectivity index (χ0n) is 22.9. The summed E-state index contributed by atoms with van der Waals surface area (Å²) in [5.74, 6) is -2.04. The van der Waals surface area contributed by atoms with Crippen molar-refractivity contribution in [3.8, 4) is 5.75 Å². The Morgan fingerprint density at radius 3 is 2.00 bits per heavy atom. The number of para-hydroxylation sites is 1. The van der Waals surface area contributed by atoms with Gasteiger partial charge in [-0.1, -0.05) is 92.7 Å². The Labute approximate surface area is 234 Å². The lowest BCUT2D eigenvalue weighted by Crippen LogP contribution is -2.56. The van der Waals surface area contributed by atoms with Crippen molar-refractivity contribution >= 4 is 23.7 Å². The lowest BCUT2D eigenvalue weighted by Gasteiger charge is -2.25. The van der Waals surface area contributed by atoms with Crippen molar-refractivity contribution in [1.29, 1.82) is 0 Å². The lowest BCUT2D eigenvalue weighted by atomic mass is 9.97. The molecule has 0 aliphatic rings. The summed E-state index contributed by atoms with van der Waals surface area (Å²) in [5.41, 5.74) is 2.30. The normalized spacial score (nSPS) is 12.1. The Hall–Kier alpha value is -4.66. The second-order valence-corrected chi connectivity index (χ2v) is 9.54. The number of carbonyl (C=O) groups is 4. The maximum atomic E-state index is 13.4. The molecule has 3 rings (SSSR count). The average molecular weight is 546 g/mol. The van der Waals surface area contributed by atoms with Crippen molar-refractivity contribution < 1.29 is 28.7 Å². The largest absolute Gasteiger partial charge is 0.496 e. The molecule has 0 aliphatic carbocycles. The van der Waals surface area contributed by atoms with Gasteiger partial charge in [0, 0.05) is 18.5 Å². The van der Waals surface area contributed by atoms with Gasteiger partial charge in [0.25, 0.3) is 5.91 Å². The predicted molar refractivity (Wildman–Crippen MR) is 150 cm³/mol. The highest BCUT2D eigenvalue weighted by Gasteiger charge is 2.32. The van der Waals surface area contributed by atoms with E-state index in [1.54, 1.807) is 38.1 Å². The summed E-state index contributed by atoms with van der Waals surface area (Å²) in [4.78, 5) is 51.8. The predicted octanol–water partition coefficient (Wildman–Crippen LogP) is 3.56. The number of methoxy groups -OCH3 is 1. The van der Waals surface area contributed by atoms with E-state index in [9.17, 15) is 19.2 Å². The molecule has 0 aromatic heterocycles. The molecule has 3 N–H and O–H groups in total. The first-order valence-corrected chi connectivity index (χ1v) is 13.0. The van der Waals surface area contributed by atoms with Gasteiger partial charge in [-0.3, -0.25) is 14.4 Å². The molecule has 0 spiro atoms. The van der Waals surface area contributed by atoms with Crippen molar-refractivity contribution in [2.75, 3.05) is 7.11 Å². The highest BCUT2D eigenvalue weighted by molar-refractivity contribution is 6.38. The van der Waals surface area contributed by atoms with E-state index in [1.807, 2.05) is 60.7 Å². The van der Waals surface area contributed by atoms with Crippen LogP contribution in [0.15, 0.2) is 84.9 Å². The number of alkyl carbamates (subject to hydrolysis) is 1. The van der Waals surface area contributed by atoms with Crippen LogP contribution in [-0.2, 0) is 38.7 Å². The first-order valence-electron chi connectivity index (χ1n) is 13.0. The van der Waals surface area contributed by atoms with E-state index < -0.39 is 41.7 Å². The van der Waals surface area contributed by atoms with Crippen LogP contribution in [0.1, 0.15) is 30.5 Å². The van der Waals surface area contributed by atoms with Crippen molar-refractivity contribution in [3.05, 3.63) is 102 Å². The number of carbonyl (C=O) groups excluding carboxylic acids is 4. The minimum Gasteiger partial charge on any atom is -0.496 e. The molecule has 9 nitrogen and oxygen atoms in total. The number of hydrogen-bond donors (Lipinski definition) is 3. The topological polar surface area (TPSA) is 123 Å². The molecular formula is C31H35N3O6. The van der Waals surface area contributed by atoms with E-state index in [4.69, 9.17) is 9.47 Å². The van der Waals surface area contributed by atoms with Gasteiger partial charge >= 0.3 is 6.09 Å². The number of benzene rings is 3. The van der Waals surface area contributed by atoms with E-state index >= 15 is 0 Å². The van der Waals surface area contributed by atoms with Crippen molar-refractivity contribution in [3.63, 3.8) is 0 Å². The minimum absolute atomic E-state index is 0.0336. The standard InChI is InChI=1S/C31H35N3O6/c1-21(2)27(28(35)30(37)32-19-24-16-10-11-17-26(24)39-3)34-29(36)25(18-22-12-6-4-7-13-22)33-31(38)40-20-23-14-8-5-9-15-23/h4-17,21,25,27H,18-20H2,1-3H3,(H,32,37)(H,33,38)(H,34,36)/t25-,27-/m0/s1. The molecule has 0 saturated heterocycles. The van der Waals surface area contributed by atoms with Crippen LogP contribution < -0.4 is 20.7 Å². The molecule has 2 atom stereocenters. The van der Waals surface area contributed by atoms with Crippen LogP contribution in [0, 0.1) is 5.92 Å². The van der Waals surface area contributed by atoms with E-state index in [0.717, 1.165) is 11.1 Å². The zero-order chi connectivity index (χ0) is 28.9. The quantitative estimate of drug-likeness (QED) is 0.282. The van der Waals surface area contributed by atoms with Gasteiger partial charge in [0.15, 0.2) is 0 Å². The third-order valence-corrected chi connectivity index (χ3v) is 6.21. The number of hydrogen-bond acceptors (Lipinski definition) is 6. The molecule has 0 unspecified atom stereocenters. The molecule has 3 aromatic carbocycles. The van der Waals surface area contributed by atoms with Gasteiger partial charge in [-0.05, 0) is 23.1 Å². The van der Waals surface area contributed by atoms with Gasteiger partial charge in [0.2, 0.25) is 11.7 Å². The fourth-order valence-corrected chi connectivity index (χ4v) is 4.01. The molecule has 0 fully saturated rings. The maximum Gasteiger partial charge on any atom is 0.408 e. The molecule has 0 aliphatic heterocycles. The van der Waals surface area contributed by atoms with Gasteiger partial charge in [-0.15, -0.1) is 0 Å². The number of ether oxygens (including phenoxy) is 2. The fraction of sp³-hybridized carbons (Fsp3) is 0.290. The number of amides is 3. The van der Waals surface area contributed by atoms with E-state index in [1.165, 1.54) is 7.11 Å². The van der Waals surface area contributed by atoms with E-state index in [-0.39, 0.29) is 19.6 Å². The van der Waals surface area contributed by atoms with Gasteiger partial charge in [-0.2, -0.15) is 0 Å². The molecule has 0 saturated carbocycles. The first-order chi connectivity index (χ1) is 19.3. The first kappa shape index (κ1) is 29.9. The summed E-state index contributed by atoms with van der Waals surface area (Å²) in [6.07, 6.45) is -0.617. The van der Waals surface area contributed by atoms with Crippen molar-refractivity contribution in [2.45, 2.75) is 45.5 Å². The SMILES string of the molecule is COc1ccccc1CNC(=O)C(=O)[C@@H](NC(=O)[C@H](Cc1ccccc1)NC(=O)OCc1ccccc1)C(C)C. The van der Waals surface area contributed by atoms with Gasteiger partial charge in [0.1, 0.15) is 18.4 Å². The monoisotopic (exact) mass is 545 g/mol. The molecule has 3 amide bonds. The minimum atomic E-state index is -1.11. The second-order valence-electron chi connectivity index (χ2n) is 9.54. The number of rotatable bonds is 13. The van der Waals surface area contributed by atoms with Crippen molar-refractivity contribution in [1.82, 2.24) is 16.0 Å². The summed E-state index contributed by atoms with van der Waals surface area (Å²) in [5, 5.41) is 7.89. The Bertz CT molecular complexity index is 1280. The van der Waals surface area contributed by atoms with E-state index in [2.05, 4.69) is 16.0 Å². The number of nitrogens with one attached hydrogen (secondary N) is 3. The van der Waals surface area contributed by atoms with Gasteiger partial charge < -0.3 is 25.4 Å². The van der Waals surface area contributed by atoms with Crippen molar-refractivity contribution in [2.24, 2.45) is 5.92 Å². The maximum absolute atomic E-state index is 13.4. The Kier molecular flexibility index (Phi) is 11.3. The molecular weight excluding hydrogens is 510 g/mol. The van der Waals surface area contributed by atoms with Crippen LogP contribution in [0.2, 0.25) is 0 Å². The molecule has 40 heavy (non-hydrogen) atoms. The highest BCUT2D eigenvalue weighted by atomic mass is 16.5. The molecule has 0 heterocycles. The second kappa shape index (κ2) is 15.1. The molecule has 9 heteroatoms. The van der Waals surface area contributed by atoms with Gasteiger partial charge in [-0.25, -0.2) is 4.79 Å². The van der Waals surface area contributed by atoms with Crippen LogP contribution in [0.3, 0.4) is 0 Å². The Morgan fingerprint density at radius 2 is 1.38 bits per heavy atom. The summed E-state index contributed by atoms with van der Waals surface area (Å²) in [6.45, 7) is 3.57. The Balaban J connectivity index is 1.67. The van der Waals surface area contributed by atoms with Crippen LogP contribution >= 0.6 is 0 Å². The third-order valence-electron chi connectivity index (χ3n) is 6.21. The smallest absolute Gasteiger partial charge is 0.408 e. The van der Waals surface area contributed by atoms with E-state index in [0.29, 0.717) is 11.3 Å². The van der Waals surface area contributed by atoms with Gasteiger partial charge in [0.05, 0.1) is 13.2 Å². The van der Waals surface area contributed by atoms with Crippen LogP contribution in [0.4, 0.5) is 4.79 Å². The highest BCUT2D eigenvalue weighted by Crippen LogP contribution is 2.17. The lowest BCUT2D eigenvalue weighted by molar-refractivity contribution is -0.141. The van der Waals surface area contributed by atoms with Crippen LogP contribution in [0.5, 0.6) is 5.75 Å². The summed E-state index contributed by atoms with van der Waals surface area (Å²) < 4.78 is 10.6. The van der Waals surface area contributed by atoms with Crippen LogP contribution in [-0.4, -0.2) is 42.9 Å². The summed E-state index contributed by atoms with van der Waals surface area (Å²) in [7, 11) is 1.52. The number of Topliss-reactive ketones (excluding diaryl/α,β-unsaturated/α-hetero) is 1. The Morgan fingerprint density at radius 1 is 0.775 bits per heavy atom. The molecule has 0 radical (unpaired) electrons. The molecule has 3 aromatic rings. The molecule has 210 valence electrons. The third kappa shape index (κ3) is 8.97. The zero-order valence-corrected chi connectivity index (χ0v) is 22.9. The number of ketones is 1. The van der Waals surface area contributed by atoms with Crippen LogP contribution in [0.25, 0.3) is 0 Å².